The van der Waals surface area contributed by atoms with Crippen LogP contribution < -0.4 is 10.6 Å². The summed E-state index contributed by atoms with van der Waals surface area (Å²) in [5.74, 6) is 0.285. The molecule has 0 aliphatic heterocycles. The maximum atomic E-state index is 13.0. The highest BCUT2D eigenvalue weighted by Gasteiger charge is 2.21. The second kappa shape index (κ2) is 14.2. The Labute approximate surface area is 215 Å². The topological polar surface area (TPSA) is 77.6 Å². The van der Waals surface area contributed by atoms with Gasteiger partial charge in [-0.3, -0.25) is 4.79 Å². The summed E-state index contributed by atoms with van der Waals surface area (Å²) in [6.45, 7) is 18.1. The molecule has 0 saturated heterocycles. The molecular formula is C27H43N5O2S. The highest BCUT2D eigenvalue weighted by molar-refractivity contribution is 7.09. The number of amides is 3. The summed E-state index contributed by atoms with van der Waals surface area (Å²) < 4.78 is 0. The van der Waals surface area contributed by atoms with Crippen LogP contribution >= 0.6 is 11.3 Å². The maximum absolute atomic E-state index is 13.0. The number of nitrogens with one attached hydrogen (secondary N) is 2. The van der Waals surface area contributed by atoms with Crippen LogP contribution in [0.3, 0.4) is 0 Å². The number of rotatable bonds is 13. The van der Waals surface area contributed by atoms with Gasteiger partial charge in [-0.1, -0.05) is 39.8 Å². The van der Waals surface area contributed by atoms with Crippen molar-refractivity contribution in [2.75, 3.05) is 25.0 Å². The van der Waals surface area contributed by atoms with Crippen molar-refractivity contribution in [3.8, 4) is 0 Å². The van der Waals surface area contributed by atoms with Crippen LogP contribution in [0.5, 0.6) is 0 Å². The molecule has 0 aliphatic carbocycles. The van der Waals surface area contributed by atoms with E-state index in [4.69, 9.17) is 0 Å². The number of aromatic nitrogens is 1. The van der Waals surface area contributed by atoms with Crippen molar-refractivity contribution in [1.82, 2.24) is 20.1 Å². The second-order valence-corrected chi connectivity index (χ2v) is 10.5. The van der Waals surface area contributed by atoms with Crippen LogP contribution in [0.4, 0.5) is 10.5 Å². The Bertz CT molecular complexity index is 922. The van der Waals surface area contributed by atoms with E-state index in [1.54, 1.807) is 10.3 Å². The number of hydrogen-bond acceptors (Lipinski definition) is 5. The molecule has 1 atom stereocenters. The molecule has 3 amide bonds. The van der Waals surface area contributed by atoms with Crippen molar-refractivity contribution in [2.24, 2.45) is 0 Å². The molecule has 0 radical (unpaired) electrons. The number of thiazole rings is 1. The molecule has 0 fully saturated rings. The summed E-state index contributed by atoms with van der Waals surface area (Å²) in [5.41, 5.74) is 2.41. The highest BCUT2D eigenvalue weighted by Crippen LogP contribution is 2.19. The van der Waals surface area contributed by atoms with Gasteiger partial charge in [-0.05, 0) is 76.9 Å². The summed E-state index contributed by atoms with van der Waals surface area (Å²) in [6.07, 6.45) is 1.97. The van der Waals surface area contributed by atoms with E-state index in [1.165, 1.54) is 16.9 Å². The molecule has 1 aromatic carbocycles. The van der Waals surface area contributed by atoms with E-state index in [0.29, 0.717) is 18.2 Å². The fraction of sp³-hybridized carbons (Fsp3) is 0.593. The van der Waals surface area contributed by atoms with Gasteiger partial charge in [0.25, 0.3) is 5.91 Å². The van der Waals surface area contributed by atoms with Gasteiger partial charge in [0.1, 0.15) is 10.7 Å². The first kappa shape index (κ1) is 28.8. The van der Waals surface area contributed by atoms with E-state index in [9.17, 15) is 9.59 Å². The number of anilines is 1. The lowest BCUT2D eigenvalue weighted by atomic mass is 10.0. The van der Waals surface area contributed by atoms with Crippen LogP contribution in [-0.4, -0.2) is 58.4 Å². The zero-order valence-corrected chi connectivity index (χ0v) is 23.2. The molecule has 0 spiro atoms. The molecule has 2 aromatic rings. The largest absolute Gasteiger partial charge is 0.348 e. The van der Waals surface area contributed by atoms with Crippen molar-refractivity contribution in [2.45, 2.75) is 85.9 Å². The molecule has 1 heterocycles. The lowest BCUT2D eigenvalue weighted by Crippen LogP contribution is -2.39. The van der Waals surface area contributed by atoms with Gasteiger partial charge in [-0.2, -0.15) is 0 Å². The van der Waals surface area contributed by atoms with Crippen molar-refractivity contribution < 1.29 is 9.59 Å². The zero-order valence-electron chi connectivity index (χ0n) is 22.4. The quantitative estimate of drug-likeness (QED) is 0.356. The van der Waals surface area contributed by atoms with Crippen molar-refractivity contribution in [1.29, 1.82) is 0 Å². The van der Waals surface area contributed by atoms with Crippen molar-refractivity contribution >= 4 is 29.0 Å². The Balaban J connectivity index is 1.92. The monoisotopic (exact) mass is 501 g/mol. The fourth-order valence-electron chi connectivity index (χ4n) is 3.80. The number of urea groups is 1. The molecule has 0 saturated carbocycles. The predicted molar refractivity (Wildman–Crippen MR) is 146 cm³/mol. The minimum absolute atomic E-state index is 0.0167. The third-order valence-corrected chi connectivity index (χ3v) is 7.02. The second-order valence-electron chi connectivity index (χ2n) is 9.60. The Morgan fingerprint density at radius 1 is 1.03 bits per heavy atom. The third-order valence-electron chi connectivity index (χ3n) is 6.19. The van der Waals surface area contributed by atoms with E-state index < -0.39 is 0 Å². The number of nitrogens with zero attached hydrogens (tertiary/aromatic N) is 3. The van der Waals surface area contributed by atoms with Crippen LogP contribution in [0.2, 0.25) is 0 Å². The summed E-state index contributed by atoms with van der Waals surface area (Å²) in [7, 11) is 0. The smallest absolute Gasteiger partial charge is 0.322 e. The van der Waals surface area contributed by atoms with Gasteiger partial charge >= 0.3 is 6.03 Å². The standard InChI is InChI=1S/C27H43N5O2S/c1-8-31(9-2)16-10-11-21(7)28-26(33)24-18-35-25(30-24)17-32(20(5)6)27(34)29-23-14-12-22(13-15-23)19(3)4/h12-15,18-21H,8-11,16-17H2,1-7H3,(H,28,33)(H,29,34). The highest BCUT2D eigenvalue weighted by atomic mass is 32.1. The summed E-state index contributed by atoms with van der Waals surface area (Å²) >= 11 is 1.41. The Kier molecular flexibility index (Phi) is 11.7. The normalized spacial score (nSPS) is 12.3. The van der Waals surface area contributed by atoms with E-state index in [2.05, 4.69) is 48.2 Å². The molecule has 0 bridgehead atoms. The first-order chi connectivity index (χ1) is 16.6. The van der Waals surface area contributed by atoms with Crippen molar-refractivity contribution in [3.05, 3.63) is 45.9 Å². The van der Waals surface area contributed by atoms with Crippen molar-refractivity contribution in [3.63, 3.8) is 0 Å². The van der Waals surface area contributed by atoms with Crippen LogP contribution in [0.1, 0.15) is 88.3 Å². The van der Waals surface area contributed by atoms with E-state index in [1.807, 2.05) is 45.0 Å². The molecule has 194 valence electrons. The molecule has 8 heteroatoms. The minimum Gasteiger partial charge on any atom is -0.348 e. The van der Waals surface area contributed by atoms with E-state index in [0.717, 1.165) is 43.2 Å². The zero-order chi connectivity index (χ0) is 26.0. The molecule has 2 rings (SSSR count). The lowest BCUT2D eigenvalue weighted by Gasteiger charge is -2.26. The molecule has 0 aliphatic rings. The Hall–Kier alpha value is -2.45. The summed E-state index contributed by atoms with van der Waals surface area (Å²) in [5, 5.41) is 8.55. The van der Waals surface area contributed by atoms with E-state index in [-0.39, 0.29) is 24.0 Å². The Morgan fingerprint density at radius 2 is 1.69 bits per heavy atom. The SMILES string of the molecule is CCN(CC)CCCC(C)NC(=O)c1csc(CN(C(=O)Nc2ccc(C(C)C)cc2)C(C)C)n1. The molecule has 2 N–H and O–H groups in total. The fourth-order valence-corrected chi connectivity index (χ4v) is 4.57. The van der Waals surface area contributed by atoms with Gasteiger partial charge in [-0.15, -0.1) is 11.3 Å². The molecule has 1 aromatic heterocycles. The van der Waals surface area contributed by atoms with Crippen LogP contribution in [0, 0.1) is 0 Å². The average Bonchev–Trinajstić information content (AvgIpc) is 3.29. The maximum Gasteiger partial charge on any atom is 0.322 e. The summed E-state index contributed by atoms with van der Waals surface area (Å²) in [6, 6.07) is 7.83. The summed E-state index contributed by atoms with van der Waals surface area (Å²) in [4.78, 5) is 34.3. The third kappa shape index (κ3) is 9.26. The van der Waals surface area contributed by atoms with Gasteiger partial charge in [0.2, 0.25) is 0 Å². The molecule has 1 unspecified atom stereocenters. The van der Waals surface area contributed by atoms with Gasteiger partial charge < -0.3 is 20.4 Å². The van der Waals surface area contributed by atoms with Gasteiger partial charge in [0.15, 0.2) is 0 Å². The number of hydrogen-bond donors (Lipinski definition) is 2. The lowest BCUT2D eigenvalue weighted by molar-refractivity contribution is 0.0932. The van der Waals surface area contributed by atoms with Crippen LogP contribution in [0.15, 0.2) is 29.6 Å². The van der Waals surface area contributed by atoms with Crippen LogP contribution in [0.25, 0.3) is 0 Å². The first-order valence-corrected chi connectivity index (χ1v) is 13.7. The number of carbonyl (C=O) groups is 2. The molecule has 35 heavy (non-hydrogen) atoms. The number of carbonyl (C=O) groups excluding carboxylic acids is 2. The first-order valence-electron chi connectivity index (χ1n) is 12.8. The molecular weight excluding hydrogens is 458 g/mol. The van der Waals surface area contributed by atoms with E-state index >= 15 is 0 Å². The van der Waals surface area contributed by atoms with Gasteiger partial charge in [0.05, 0.1) is 6.54 Å². The predicted octanol–water partition coefficient (Wildman–Crippen LogP) is 5.95. The van der Waals surface area contributed by atoms with Gasteiger partial charge in [-0.25, -0.2) is 9.78 Å². The minimum atomic E-state index is -0.180. The Morgan fingerprint density at radius 3 is 2.26 bits per heavy atom. The molecule has 7 nitrogen and oxygen atoms in total. The number of benzene rings is 1. The van der Waals surface area contributed by atoms with Gasteiger partial charge in [0, 0.05) is 23.2 Å². The van der Waals surface area contributed by atoms with Crippen LogP contribution in [-0.2, 0) is 6.54 Å². The average molecular weight is 502 g/mol.